The van der Waals surface area contributed by atoms with E-state index in [4.69, 9.17) is 5.73 Å². The van der Waals surface area contributed by atoms with Crippen molar-refractivity contribution in [1.29, 1.82) is 0 Å². The molecule has 3 nitrogen and oxygen atoms in total. The maximum absolute atomic E-state index is 12.2. The van der Waals surface area contributed by atoms with Crippen molar-refractivity contribution in [2.75, 3.05) is 19.6 Å². The first-order valence-electron chi connectivity index (χ1n) is 4.89. The summed E-state index contributed by atoms with van der Waals surface area (Å²) < 4.78 is 36.7. The average Bonchev–Trinajstić information content (AvgIpc) is 2.17. The number of rotatable bonds is 5. The van der Waals surface area contributed by atoms with Gasteiger partial charge in [0.25, 0.3) is 0 Å². The third kappa shape index (κ3) is 5.09. The van der Waals surface area contributed by atoms with Gasteiger partial charge in [-0.2, -0.15) is 13.2 Å². The summed E-state index contributed by atoms with van der Waals surface area (Å²) in [7, 11) is 0. The molecule has 0 aliphatic heterocycles. The van der Waals surface area contributed by atoms with Crippen LogP contribution in [0.25, 0.3) is 0 Å². The van der Waals surface area contributed by atoms with Crippen LogP contribution in [0.2, 0.25) is 0 Å². The Morgan fingerprint density at radius 3 is 2.62 bits per heavy atom. The third-order valence-electron chi connectivity index (χ3n) is 1.98. The van der Waals surface area contributed by atoms with Crippen LogP contribution in [0.1, 0.15) is 5.56 Å². The minimum absolute atomic E-state index is 0.205. The van der Waals surface area contributed by atoms with Gasteiger partial charge in [0.2, 0.25) is 0 Å². The minimum Gasteiger partial charge on any atom is -0.329 e. The van der Waals surface area contributed by atoms with Crippen molar-refractivity contribution in [1.82, 2.24) is 9.88 Å². The van der Waals surface area contributed by atoms with E-state index in [0.717, 1.165) is 5.56 Å². The Labute approximate surface area is 92.1 Å². The fraction of sp³-hybridized carbons (Fsp3) is 0.500. The van der Waals surface area contributed by atoms with Crippen LogP contribution in [0.4, 0.5) is 13.2 Å². The van der Waals surface area contributed by atoms with Crippen LogP contribution < -0.4 is 5.73 Å². The first kappa shape index (κ1) is 12.9. The Morgan fingerprint density at radius 2 is 2.12 bits per heavy atom. The summed E-state index contributed by atoms with van der Waals surface area (Å²) >= 11 is 0. The van der Waals surface area contributed by atoms with E-state index in [1.165, 1.54) is 4.90 Å². The van der Waals surface area contributed by atoms with Gasteiger partial charge in [0.15, 0.2) is 0 Å². The largest absolute Gasteiger partial charge is 0.401 e. The van der Waals surface area contributed by atoms with Gasteiger partial charge in [-0.25, -0.2) is 0 Å². The highest BCUT2D eigenvalue weighted by atomic mass is 19.4. The van der Waals surface area contributed by atoms with Gasteiger partial charge < -0.3 is 5.73 Å². The molecule has 2 N–H and O–H groups in total. The molecule has 1 aromatic heterocycles. The van der Waals surface area contributed by atoms with Gasteiger partial charge in [-0.15, -0.1) is 0 Å². The maximum Gasteiger partial charge on any atom is 0.401 e. The zero-order valence-electron chi connectivity index (χ0n) is 8.74. The van der Waals surface area contributed by atoms with Gasteiger partial charge >= 0.3 is 6.18 Å². The molecule has 0 amide bonds. The summed E-state index contributed by atoms with van der Waals surface area (Å²) in [6.45, 7) is -0.311. The molecule has 1 heterocycles. The van der Waals surface area contributed by atoms with Crippen molar-refractivity contribution in [2.24, 2.45) is 5.73 Å². The van der Waals surface area contributed by atoms with Crippen LogP contribution in [-0.2, 0) is 6.54 Å². The van der Waals surface area contributed by atoms with Crippen LogP contribution in [-0.4, -0.2) is 35.7 Å². The highest BCUT2D eigenvalue weighted by Crippen LogP contribution is 2.17. The standard InChI is InChI=1S/C10H14F3N3/c11-10(12,13)8-16(5-3-14)7-9-2-1-4-15-6-9/h1-2,4,6H,3,5,7-8,14H2. The smallest absolute Gasteiger partial charge is 0.329 e. The number of nitrogens with two attached hydrogens (primary N) is 1. The molecule has 6 heteroatoms. The number of hydrogen-bond acceptors (Lipinski definition) is 3. The molecule has 0 radical (unpaired) electrons. The molecule has 0 aliphatic carbocycles. The normalized spacial score (nSPS) is 12.1. The van der Waals surface area contributed by atoms with Crippen molar-refractivity contribution >= 4 is 0 Å². The number of alkyl halides is 3. The van der Waals surface area contributed by atoms with Gasteiger partial charge in [-0.05, 0) is 11.6 Å². The first-order chi connectivity index (χ1) is 7.51. The SMILES string of the molecule is NCCN(Cc1cccnc1)CC(F)(F)F. The maximum atomic E-state index is 12.2. The second-order valence-corrected chi connectivity index (χ2v) is 3.48. The summed E-state index contributed by atoms with van der Waals surface area (Å²) in [5.74, 6) is 0. The number of hydrogen-bond donors (Lipinski definition) is 1. The van der Waals surface area contributed by atoms with Gasteiger partial charge in [0.05, 0.1) is 6.54 Å². The first-order valence-corrected chi connectivity index (χ1v) is 4.89. The molecule has 0 saturated carbocycles. The third-order valence-corrected chi connectivity index (χ3v) is 1.98. The van der Waals surface area contributed by atoms with E-state index in [1.54, 1.807) is 24.5 Å². The molecule has 90 valence electrons. The second kappa shape index (κ2) is 5.81. The van der Waals surface area contributed by atoms with Gasteiger partial charge in [0.1, 0.15) is 0 Å². The zero-order chi connectivity index (χ0) is 12.0. The Bertz CT molecular complexity index is 300. The van der Waals surface area contributed by atoms with Crippen LogP contribution in [0, 0.1) is 0 Å². The molecule has 0 aliphatic rings. The molecule has 16 heavy (non-hydrogen) atoms. The predicted octanol–water partition coefficient (Wildman–Crippen LogP) is 1.40. The quantitative estimate of drug-likeness (QED) is 0.836. The van der Waals surface area contributed by atoms with E-state index >= 15 is 0 Å². The van der Waals surface area contributed by atoms with Crippen LogP contribution >= 0.6 is 0 Å². The zero-order valence-corrected chi connectivity index (χ0v) is 8.74. The fourth-order valence-corrected chi connectivity index (χ4v) is 1.40. The summed E-state index contributed by atoms with van der Waals surface area (Å²) in [6, 6.07) is 3.44. The van der Waals surface area contributed by atoms with Gasteiger partial charge in [0, 0.05) is 32.0 Å². The van der Waals surface area contributed by atoms with E-state index in [1.807, 2.05) is 0 Å². The fourth-order valence-electron chi connectivity index (χ4n) is 1.40. The van der Waals surface area contributed by atoms with Crippen LogP contribution in [0.3, 0.4) is 0 Å². The number of nitrogens with zero attached hydrogens (tertiary/aromatic N) is 2. The van der Waals surface area contributed by atoms with Gasteiger partial charge in [-0.3, -0.25) is 9.88 Å². The van der Waals surface area contributed by atoms with Crippen molar-refractivity contribution in [3.63, 3.8) is 0 Å². The lowest BCUT2D eigenvalue weighted by molar-refractivity contribution is -0.146. The second-order valence-electron chi connectivity index (χ2n) is 3.48. The van der Waals surface area contributed by atoms with E-state index in [2.05, 4.69) is 4.98 Å². The van der Waals surface area contributed by atoms with E-state index < -0.39 is 12.7 Å². The highest BCUT2D eigenvalue weighted by Gasteiger charge is 2.30. The average molecular weight is 233 g/mol. The summed E-state index contributed by atoms with van der Waals surface area (Å²) in [6.07, 6.45) is -1.06. The molecule has 0 aromatic carbocycles. The Morgan fingerprint density at radius 1 is 1.38 bits per heavy atom. The minimum atomic E-state index is -4.20. The molecule has 0 spiro atoms. The van der Waals surface area contributed by atoms with Crippen molar-refractivity contribution in [2.45, 2.75) is 12.7 Å². The lowest BCUT2D eigenvalue weighted by atomic mass is 10.2. The van der Waals surface area contributed by atoms with E-state index in [0.29, 0.717) is 0 Å². The highest BCUT2D eigenvalue weighted by molar-refractivity contribution is 5.08. The van der Waals surface area contributed by atoms with Crippen molar-refractivity contribution in [3.8, 4) is 0 Å². The van der Waals surface area contributed by atoms with Gasteiger partial charge in [-0.1, -0.05) is 6.07 Å². The molecular formula is C10H14F3N3. The van der Waals surface area contributed by atoms with Crippen molar-refractivity contribution < 1.29 is 13.2 Å². The molecule has 0 bridgehead atoms. The predicted molar refractivity (Wildman–Crippen MR) is 54.6 cm³/mol. The topological polar surface area (TPSA) is 42.1 Å². The van der Waals surface area contributed by atoms with Crippen LogP contribution in [0.5, 0.6) is 0 Å². The summed E-state index contributed by atoms with van der Waals surface area (Å²) in [5, 5.41) is 0. The Hall–Kier alpha value is -1.14. The molecule has 0 atom stereocenters. The molecule has 1 rings (SSSR count). The molecule has 0 saturated heterocycles. The summed E-state index contributed by atoms with van der Waals surface area (Å²) in [5.41, 5.74) is 6.03. The van der Waals surface area contributed by atoms with Crippen LogP contribution in [0.15, 0.2) is 24.5 Å². The molecule has 0 fully saturated rings. The molecule has 0 unspecified atom stereocenters. The Balaban J connectivity index is 2.58. The van der Waals surface area contributed by atoms with E-state index in [9.17, 15) is 13.2 Å². The lowest BCUT2D eigenvalue weighted by Crippen LogP contribution is -2.37. The number of halogens is 3. The van der Waals surface area contributed by atoms with Crippen molar-refractivity contribution in [3.05, 3.63) is 30.1 Å². The summed E-state index contributed by atoms with van der Waals surface area (Å²) in [4.78, 5) is 5.12. The number of aromatic nitrogens is 1. The number of pyridine rings is 1. The van der Waals surface area contributed by atoms with E-state index in [-0.39, 0.29) is 19.6 Å². The molecule has 1 aromatic rings. The lowest BCUT2D eigenvalue weighted by Gasteiger charge is -2.22. The Kier molecular flexibility index (Phi) is 4.70. The monoisotopic (exact) mass is 233 g/mol. The molecular weight excluding hydrogens is 219 g/mol.